The number of para-hydroxylation sites is 2. The van der Waals surface area contributed by atoms with Crippen molar-refractivity contribution in [3.63, 3.8) is 0 Å². The fraction of sp³-hybridized carbons (Fsp3) is 0.421. The molecule has 3 heterocycles. The molecular formula is C38H44N2O2. The molecule has 0 fully saturated rings. The number of aryl methyl sites for hydroxylation is 1. The molecule has 0 saturated heterocycles. The minimum absolute atomic E-state index is 0.241. The molecule has 0 radical (unpaired) electrons. The van der Waals surface area contributed by atoms with Crippen LogP contribution in [0.1, 0.15) is 111 Å². The smallest absolute Gasteiger partial charge is 0.339 e. The number of rotatable bonds is 12. The second-order valence-corrected chi connectivity index (χ2v) is 12.2. The number of benzene rings is 3. The van der Waals surface area contributed by atoms with E-state index < -0.39 is 11.0 Å². The standard InChI is InChI=1S/C38H44N2O2/c1-5-7-9-10-11-18-25-37(28(4)39-33-23-16-15-22-32(33)37)38(31-21-14-12-19-29(31)36(41)42-38)35-27(3)40(26-8-6-2)34-24-17-13-20-30(34)35/h12-17,19-24H,5-11,18,25-26H2,1-4H3. The average molecular weight is 561 g/mol. The van der Waals surface area contributed by atoms with E-state index in [9.17, 15) is 4.79 Å². The first-order valence-corrected chi connectivity index (χ1v) is 16.1. The second-order valence-electron chi connectivity index (χ2n) is 12.2. The highest BCUT2D eigenvalue weighted by Crippen LogP contribution is 2.62. The molecule has 6 rings (SSSR count). The van der Waals surface area contributed by atoms with Crippen LogP contribution in [-0.4, -0.2) is 16.2 Å². The molecule has 42 heavy (non-hydrogen) atoms. The number of ether oxygens (including phenoxy) is 1. The van der Waals surface area contributed by atoms with Crippen LogP contribution in [0.5, 0.6) is 0 Å². The van der Waals surface area contributed by atoms with Gasteiger partial charge in [-0.3, -0.25) is 4.99 Å². The Kier molecular flexibility index (Phi) is 7.83. The second kappa shape index (κ2) is 11.6. The van der Waals surface area contributed by atoms with Gasteiger partial charge in [-0.05, 0) is 50.5 Å². The molecule has 3 aromatic carbocycles. The van der Waals surface area contributed by atoms with Crippen molar-refractivity contribution in [3.05, 3.63) is 101 Å². The molecular weight excluding hydrogens is 516 g/mol. The van der Waals surface area contributed by atoms with Gasteiger partial charge in [-0.15, -0.1) is 0 Å². The van der Waals surface area contributed by atoms with Crippen LogP contribution in [0.2, 0.25) is 0 Å². The molecule has 2 aliphatic rings. The van der Waals surface area contributed by atoms with E-state index >= 15 is 0 Å². The molecule has 0 spiro atoms. The Hall–Kier alpha value is -3.66. The van der Waals surface area contributed by atoms with Gasteiger partial charge < -0.3 is 9.30 Å². The van der Waals surface area contributed by atoms with Crippen molar-refractivity contribution in [2.75, 3.05) is 0 Å². The maximum atomic E-state index is 14.0. The van der Waals surface area contributed by atoms with Crippen LogP contribution < -0.4 is 0 Å². The third-order valence-corrected chi connectivity index (χ3v) is 9.87. The van der Waals surface area contributed by atoms with Gasteiger partial charge in [-0.25, -0.2) is 4.79 Å². The Labute approximate surface area is 250 Å². The minimum atomic E-state index is -1.04. The van der Waals surface area contributed by atoms with Crippen LogP contribution in [-0.2, 0) is 22.3 Å². The average Bonchev–Trinajstić information content (AvgIpc) is 3.58. The fourth-order valence-electron chi connectivity index (χ4n) is 7.92. The van der Waals surface area contributed by atoms with E-state index in [0.29, 0.717) is 5.56 Å². The number of nitrogens with zero attached hydrogens (tertiary/aromatic N) is 2. The molecule has 2 unspecified atom stereocenters. The van der Waals surface area contributed by atoms with Crippen LogP contribution >= 0.6 is 0 Å². The zero-order valence-electron chi connectivity index (χ0n) is 25.7. The number of hydrogen-bond acceptors (Lipinski definition) is 3. The monoisotopic (exact) mass is 560 g/mol. The van der Waals surface area contributed by atoms with Crippen LogP contribution in [0.3, 0.4) is 0 Å². The summed E-state index contributed by atoms with van der Waals surface area (Å²) < 4.78 is 9.44. The summed E-state index contributed by atoms with van der Waals surface area (Å²) in [6.45, 7) is 9.83. The molecule has 4 aromatic rings. The molecule has 0 amide bonds. The van der Waals surface area contributed by atoms with Crippen molar-refractivity contribution >= 4 is 28.3 Å². The number of fused-ring (bicyclic) bond motifs is 3. The van der Waals surface area contributed by atoms with Crippen LogP contribution in [0.25, 0.3) is 10.9 Å². The maximum absolute atomic E-state index is 14.0. The number of aromatic nitrogens is 1. The summed E-state index contributed by atoms with van der Waals surface area (Å²) in [5.74, 6) is -0.241. The van der Waals surface area contributed by atoms with E-state index in [0.717, 1.165) is 66.6 Å². The molecule has 4 heteroatoms. The van der Waals surface area contributed by atoms with Gasteiger partial charge in [-0.1, -0.05) is 113 Å². The van der Waals surface area contributed by atoms with Gasteiger partial charge in [0.25, 0.3) is 0 Å². The summed E-state index contributed by atoms with van der Waals surface area (Å²) in [6, 6.07) is 25.3. The molecule has 0 bridgehead atoms. The predicted octanol–water partition coefficient (Wildman–Crippen LogP) is 9.96. The number of carbonyl (C=O) groups is 1. The van der Waals surface area contributed by atoms with Crippen LogP contribution in [0, 0.1) is 6.92 Å². The lowest BCUT2D eigenvalue weighted by molar-refractivity contribution is -0.0158. The summed E-state index contributed by atoms with van der Waals surface area (Å²) in [5, 5.41) is 1.16. The normalized spacial score (nSPS) is 21.0. The lowest BCUT2D eigenvalue weighted by Crippen LogP contribution is -2.54. The Morgan fingerprint density at radius 3 is 2.24 bits per heavy atom. The Morgan fingerprint density at radius 2 is 1.43 bits per heavy atom. The summed E-state index contributed by atoms with van der Waals surface area (Å²) in [5.41, 5.74) is 6.67. The molecule has 2 aliphatic heterocycles. The van der Waals surface area contributed by atoms with Gasteiger partial charge >= 0.3 is 5.97 Å². The molecule has 1 aromatic heterocycles. The highest BCUT2D eigenvalue weighted by molar-refractivity contribution is 6.07. The van der Waals surface area contributed by atoms with E-state index in [1.54, 1.807) is 0 Å². The van der Waals surface area contributed by atoms with E-state index in [1.165, 1.54) is 42.5 Å². The quantitative estimate of drug-likeness (QED) is 0.128. The van der Waals surface area contributed by atoms with Crippen molar-refractivity contribution in [3.8, 4) is 0 Å². The highest BCUT2D eigenvalue weighted by atomic mass is 16.6. The Balaban J connectivity index is 1.66. The number of hydrogen-bond donors (Lipinski definition) is 0. The van der Waals surface area contributed by atoms with Crippen molar-refractivity contribution in [2.45, 2.75) is 103 Å². The predicted molar refractivity (Wildman–Crippen MR) is 173 cm³/mol. The summed E-state index contributed by atoms with van der Waals surface area (Å²) >= 11 is 0. The maximum Gasteiger partial charge on any atom is 0.339 e. The SMILES string of the molecule is CCCCCCCCC1(C2(c3c(C)n(CCCC)c4ccccc34)OC(=O)c3ccccc32)C(C)=Nc2ccccc21. The van der Waals surface area contributed by atoms with Crippen molar-refractivity contribution in [1.82, 2.24) is 4.57 Å². The third-order valence-electron chi connectivity index (χ3n) is 9.87. The summed E-state index contributed by atoms with van der Waals surface area (Å²) in [6.07, 6.45) is 10.3. The first-order valence-electron chi connectivity index (χ1n) is 16.1. The van der Waals surface area contributed by atoms with Gasteiger partial charge in [0.15, 0.2) is 5.60 Å². The van der Waals surface area contributed by atoms with Crippen molar-refractivity contribution in [1.29, 1.82) is 0 Å². The molecule has 4 nitrogen and oxygen atoms in total. The molecule has 0 saturated carbocycles. The number of cyclic esters (lactones) is 1. The largest absolute Gasteiger partial charge is 0.444 e. The highest BCUT2D eigenvalue weighted by Gasteiger charge is 2.66. The topological polar surface area (TPSA) is 43.6 Å². The summed E-state index contributed by atoms with van der Waals surface area (Å²) in [4.78, 5) is 19.2. The number of carbonyl (C=O) groups excluding carboxylic acids is 1. The first-order chi connectivity index (χ1) is 20.5. The molecule has 0 aliphatic carbocycles. The lowest BCUT2D eigenvalue weighted by Gasteiger charge is -2.47. The zero-order valence-corrected chi connectivity index (χ0v) is 25.7. The van der Waals surface area contributed by atoms with Gasteiger partial charge in [0, 0.05) is 40.0 Å². The van der Waals surface area contributed by atoms with Gasteiger partial charge in [0.2, 0.25) is 0 Å². The van der Waals surface area contributed by atoms with E-state index in [-0.39, 0.29) is 5.97 Å². The van der Waals surface area contributed by atoms with Gasteiger partial charge in [0.1, 0.15) is 0 Å². The summed E-state index contributed by atoms with van der Waals surface area (Å²) in [7, 11) is 0. The van der Waals surface area contributed by atoms with Crippen LogP contribution in [0.4, 0.5) is 5.69 Å². The van der Waals surface area contributed by atoms with E-state index in [1.807, 2.05) is 12.1 Å². The minimum Gasteiger partial charge on any atom is -0.444 e. The fourth-order valence-corrected chi connectivity index (χ4v) is 7.92. The van der Waals surface area contributed by atoms with E-state index in [4.69, 9.17) is 9.73 Å². The molecule has 0 N–H and O–H groups in total. The number of unbranched alkanes of at least 4 members (excludes halogenated alkanes) is 6. The number of esters is 1. The Morgan fingerprint density at radius 1 is 0.762 bits per heavy atom. The lowest BCUT2D eigenvalue weighted by atomic mass is 9.57. The molecule has 218 valence electrons. The van der Waals surface area contributed by atoms with Crippen molar-refractivity contribution < 1.29 is 9.53 Å². The van der Waals surface area contributed by atoms with E-state index in [2.05, 4.69) is 92.9 Å². The van der Waals surface area contributed by atoms with Crippen LogP contribution in [0.15, 0.2) is 77.8 Å². The molecule has 2 atom stereocenters. The zero-order chi connectivity index (χ0) is 29.3. The third kappa shape index (κ3) is 4.17. The number of aliphatic imine (C=N–C) groups is 1. The van der Waals surface area contributed by atoms with Crippen molar-refractivity contribution in [2.24, 2.45) is 4.99 Å². The van der Waals surface area contributed by atoms with Gasteiger partial charge in [-0.2, -0.15) is 0 Å². The van der Waals surface area contributed by atoms with Gasteiger partial charge in [0.05, 0.1) is 16.7 Å². The Bertz CT molecular complexity index is 1650. The first kappa shape index (κ1) is 28.5.